The second-order valence-electron chi connectivity index (χ2n) is 7.21. The predicted molar refractivity (Wildman–Crippen MR) is 117 cm³/mol. The molecule has 12 heteroatoms. The Morgan fingerprint density at radius 2 is 2.12 bits per heavy atom. The molecule has 3 atom stereocenters. The van der Waals surface area contributed by atoms with E-state index in [1.807, 2.05) is 6.92 Å². The Morgan fingerprint density at radius 1 is 1.33 bits per heavy atom. The van der Waals surface area contributed by atoms with Crippen LogP contribution in [0.2, 0.25) is 5.28 Å². The fraction of sp³-hybridized carbons (Fsp3) is 0.524. The van der Waals surface area contributed by atoms with E-state index >= 15 is 0 Å². The Bertz CT molecular complexity index is 1050. The number of unbranched alkanes of at least 4 members (excludes halogenated alkanes) is 1. The third kappa shape index (κ3) is 5.40. The molecule has 2 aromatic heterocycles. The molecule has 1 aliphatic rings. The first kappa shape index (κ1) is 24.4. The van der Waals surface area contributed by atoms with Crippen LogP contribution in [-0.4, -0.2) is 58.4 Å². The number of nitrogen functional groups attached to an aromatic ring is 1. The quantitative estimate of drug-likeness (QED) is 0.259. The number of hydrogen-bond donors (Lipinski definition) is 1. The molecule has 0 aromatic carbocycles. The standard InChI is InChI=1S/C21H25ClN4O7/c1-4-7-10-30-19(27)31-12-21(5-2)14(32-20(28)29-6-3)11-15(33-21)26-9-8-13-16(23)24-18(22)25-17(13)26/h2,8-9,14-15H,4,6-7,10-12H2,1,3H3,(H2,23,24,25)/t14-,15+,21+/m0/s1. The summed E-state index contributed by atoms with van der Waals surface area (Å²) >= 11 is 5.97. The highest BCUT2D eigenvalue weighted by atomic mass is 35.5. The molecule has 1 fully saturated rings. The number of hydrogen-bond acceptors (Lipinski definition) is 10. The zero-order valence-electron chi connectivity index (χ0n) is 18.3. The van der Waals surface area contributed by atoms with E-state index in [1.54, 1.807) is 23.8 Å². The number of carbonyl (C=O) groups excluding carboxylic acids is 2. The van der Waals surface area contributed by atoms with Crippen molar-refractivity contribution in [3.05, 3.63) is 17.5 Å². The molecule has 3 rings (SSSR count). The summed E-state index contributed by atoms with van der Waals surface area (Å²) in [6, 6.07) is 1.70. The summed E-state index contributed by atoms with van der Waals surface area (Å²) in [5.74, 6) is 2.67. The predicted octanol–water partition coefficient (Wildman–Crippen LogP) is 3.45. The molecular formula is C21H25ClN4O7. The molecule has 0 bridgehead atoms. The van der Waals surface area contributed by atoms with Crippen molar-refractivity contribution >= 4 is 40.8 Å². The van der Waals surface area contributed by atoms with Crippen LogP contribution in [0.15, 0.2) is 12.3 Å². The number of halogens is 1. The van der Waals surface area contributed by atoms with Crippen LogP contribution in [0.4, 0.5) is 15.4 Å². The minimum absolute atomic E-state index is 0.0429. The number of aromatic nitrogens is 3. The molecule has 178 valence electrons. The highest BCUT2D eigenvalue weighted by Crippen LogP contribution is 2.40. The summed E-state index contributed by atoms with van der Waals surface area (Å²) in [6.07, 6.45) is 5.53. The lowest BCUT2D eigenvalue weighted by Gasteiger charge is -2.28. The number of anilines is 1. The van der Waals surface area contributed by atoms with Crippen LogP contribution in [0.1, 0.15) is 39.3 Å². The number of nitrogens with two attached hydrogens (primary N) is 1. The molecule has 0 unspecified atom stereocenters. The molecule has 0 saturated carbocycles. The Hall–Kier alpha value is -3.23. The van der Waals surface area contributed by atoms with Crippen molar-refractivity contribution in [3.63, 3.8) is 0 Å². The molecule has 3 heterocycles. The highest BCUT2D eigenvalue weighted by Gasteiger charge is 2.52. The molecule has 33 heavy (non-hydrogen) atoms. The Kier molecular flexibility index (Phi) is 7.84. The van der Waals surface area contributed by atoms with Crippen molar-refractivity contribution in [2.45, 2.75) is 51.0 Å². The van der Waals surface area contributed by atoms with Crippen LogP contribution in [0.3, 0.4) is 0 Å². The SMILES string of the molecule is C#C[C@]1(COC(=O)OCCCC)O[C@@H](n2ccc3c(N)nc(Cl)nc32)C[C@@H]1OC(=O)OCC. The maximum absolute atomic E-state index is 12.0. The van der Waals surface area contributed by atoms with E-state index in [0.29, 0.717) is 17.5 Å². The number of carbonyl (C=O) groups is 2. The Morgan fingerprint density at radius 3 is 2.82 bits per heavy atom. The lowest BCUT2D eigenvalue weighted by atomic mass is 9.98. The van der Waals surface area contributed by atoms with E-state index in [2.05, 4.69) is 15.9 Å². The second-order valence-corrected chi connectivity index (χ2v) is 7.55. The third-order valence-electron chi connectivity index (χ3n) is 5.03. The van der Waals surface area contributed by atoms with Gasteiger partial charge in [0.25, 0.3) is 0 Å². The number of terminal acetylenes is 1. The van der Waals surface area contributed by atoms with Crippen LogP contribution >= 0.6 is 11.6 Å². The average molecular weight is 481 g/mol. The van der Waals surface area contributed by atoms with E-state index in [0.717, 1.165) is 6.42 Å². The van der Waals surface area contributed by atoms with E-state index in [4.69, 9.17) is 47.4 Å². The van der Waals surface area contributed by atoms with Crippen molar-refractivity contribution in [1.82, 2.24) is 14.5 Å². The molecule has 11 nitrogen and oxygen atoms in total. The first-order valence-corrected chi connectivity index (χ1v) is 10.8. The molecule has 0 aliphatic carbocycles. The van der Waals surface area contributed by atoms with Gasteiger partial charge in [0.05, 0.1) is 18.6 Å². The minimum Gasteiger partial charge on any atom is -0.435 e. The van der Waals surface area contributed by atoms with Gasteiger partial charge in [-0.3, -0.25) is 0 Å². The van der Waals surface area contributed by atoms with E-state index in [9.17, 15) is 9.59 Å². The van der Waals surface area contributed by atoms with Gasteiger partial charge in [-0.2, -0.15) is 4.98 Å². The summed E-state index contributed by atoms with van der Waals surface area (Å²) in [4.78, 5) is 32.2. The van der Waals surface area contributed by atoms with Gasteiger partial charge in [0, 0.05) is 12.6 Å². The van der Waals surface area contributed by atoms with Crippen LogP contribution in [0.5, 0.6) is 0 Å². The van der Waals surface area contributed by atoms with Gasteiger partial charge < -0.3 is 34.0 Å². The first-order valence-electron chi connectivity index (χ1n) is 10.4. The normalized spacial score (nSPS) is 22.0. The van der Waals surface area contributed by atoms with Gasteiger partial charge in [-0.25, -0.2) is 14.6 Å². The zero-order valence-corrected chi connectivity index (χ0v) is 19.0. The Labute approximate surface area is 195 Å². The summed E-state index contributed by atoms with van der Waals surface area (Å²) in [7, 11) is 0. The molecule has 1 aliphatic heterocycles. The second kappa shape index (κ2) is 10.6. The van der Waals surface area contributed by atoms with Gasteiger partial charge in [-0.05, 0) is 31.0 Å². The number of fused-ring (bicyclic) bond motifs is 1. The maximum Gasteiger partial charge on any atom is 0.508 e. The largest absolute Gasteiger partial charge is 0.508 e. The smallest absolute Gasteiger partial charge is 0.435 e. The highest BCUT2D eigenvalue weighted by molar-refractivity contribution is 6.28. The van der Waals surface area contributed by atoms with Crippen molar-refractivity contribution in [1.29, 1.82) is 0 Å². The molecule has 0 amide bonds. The molecular weight excluding hydrogens is 456 g/mol. The molecule has 2 N–H and O–H groups in total. The Balaban J connectivity index is 1.86. The van der Waals surface area contributed by atoms with Crippen LogP contribution in [0, 0.1) is 12.3 Å². The molecule has 1 saturated heterocycles. The fourth-order valence-corrected chi connectivity index (χ4v) is 3.56. The topological polar surface area (TPSA) is 137 Å². The monoisotopic (exact) mass is 480 g/mol. The molecule has 0 radical (unpaired) electrons. The number of ether oxygens (including phenoxy) is 5. The van der Waals surface area contributed by atoms with Crippen molar-refractivity contribution in [2.24, 2.45) is 0 Å². The lowest BCUT2D eigenvalue weighted by Crippen LogP contribution is -2.45. The molecule has 0 spiro atoms. The van der Waals surface area contributed by atoms with Crippen molar-refractivity contribution < 1.29 is 33.3 Å². The fourth-order valence-electron chi connectivity index (χ4n) is 3.39. The van der Waals surface area contributed by atoms with Crippen molar-refractivity contribution in [3.8, 4) is 12.3 Å². The summed E-state index contributed by atoms with van der Waals surface area (Å²) in [5, 5.41) is 0.512. The summed E-state index contributed by atoms with van der Waals surface area (Å²) in [5.41, 5.74) is 4.73. The van der Waals surface area contributed by atoms with Gasteiger partial charge in [0.15, 0.2) is 6.10 Å². The van der Waals surface area contributed by atoms with E-state index < -0.39 is 36.9 Å². The number of rotatable bonds is 8. The van der Waals surface area contributed by atoms with Gasteiger partial charge in [0.2, 0.25) is 10.9 Å². The maximum atomic E-state index is 12.0. The zero-order chi connectivity index (χ0) is 24.0. The summed E-state index contributed by atoms with van der Waals surface area (Å²) in [6.45, 7) is 3.51. The molecule has 2 aromatic rings. The minimum atomic E-state index is -1.60. The van der Waals surface area contributed by atoms with E-state index in [-0.39, 0.29) is 30.7 Å². The van der Waals surface area contributed by atoms with Gasteiger partial charge in [-0.15, -0.1) is 6.42 Å². The van der Waals surface area contributed by atoms with Gasteiger partial charge in [-0.1, -0.05) is 19.3 Å². The van der Waals surface area contributed by atoms with Gasteiger partial charge >= 0.3 is 12.3 Å². The average Bonchev–Trinajstić information content (AvgIpc) is 3.34. The van der Waals surface area contributed by atoms with Crippen LogP contribution in [0.25, 0.3) is 11.0 Å². The van der Waals surface area contributed by atoms with Gasteiger partial charge in [0.1, 0.15) is 24.3 Å². The van der Waals surface area contributed by atoms with Crippen LogP contribution in [-0.2, 0) is 23.7 Å². The first-order chi connectivity index (χ1) is 15.8. The summed E-state index contributed by atoms with van der Waals surface area (Å²) < 4.78 is 28.2. The van der Waals surface area contributed by atoms with Crippen molar-refractivity contribution in [2.75, 3.05) is 25.6 Å². The van der Waals surface area contributed by atoms with E-state index in [1.165, 1.54) is 0 Å². The lowest BCUT2D eigenvalue weighted by molar-refractivity contribution is -0.105. The number of nitrogens with zero attached hydrogens (tertiary/aromatic N) is 3. The van der Waals surface area contributed by atoms with Crippen LogP contribution < -0.4 is 5.73 Å². The third-order valence-corrected chi connectivity index (χ3v) is 5.20.